The molecule has 0 unspecified atom stereocenters. The maximum atomic E-state index is 5.83. The van der Waals surface area contributed by atoms with E-state index in [0.717, 1.165) is 18.9 Å². The van der Waals surface area contributed by atoms with E-state index in [0.29, 0.717) is 5.92 Å². The van der Waals surface area contributed by atoms with Crippen molar-refractivity contribution in [2.45, 2.75) is 31.7 Å². The average molecular weight is 203 g/mol. The monoisotopic (exact) mass is 203 g/mol. The molecule has 2 aliphatic heterocycles. The summed E-state index contributed by atoms with van der Waals surface area (Å²) in [5.74, 6) is 1.72. The molecular weight excluding hydrogens is 186 g/mol. The van der Waals surface area contributed by atoms with Crippen LogP contribution >= 0.6 is 0 Å². The van der Waals surface area contributed by atoms with Gasteiger partial charge in [-0.2, -0.15) is 0 Å². The Labute approximate surface area is 90.6 Å². The van der Waals surface area contributed by atoms with Gasteiger partial charge in [0.25, 0.3) is 0 Å². The molecule has 1 N–H and O–H groups in total. The van der Waals surface area contributed by atoms with Crippen molar-refractivity contribution in [3.8, 4) is 5.75 Å². The summed E-state index contributed by atoms with van der Waals surface area (Å²) in [6, 6.07) is 6.52. The number of hydrogen-bond donors (Lipinski definition) is 1. The molecule has 0 spiro atoms. The molecular formula is C13H17NO. The van der Waals surface area contributed by atoms with Gasteiger partial charge in [0.1, 0.15) is 12.4 Å². The fraction of sp³-hybridized carbons (Fsp3) is 0.538. The molecule has 2 heteroatoms. The highest BCUT2D eigenvalue weighted by atomic mass is 16.5. The Hall–Kier alpha value is -1.02. The highest BCUT2D eigenvalue weighted by Crippen LogP contribution is 2.44. The molecule has 0 aromatic heterocycles. The van der Waals surface area contributed by atoms with Crippen molar-refractivity contribution in [3.63, 3.8) is 0 Å². The van der Waals surface area contributed by atoms with Crippen molar-refractivity contribution in [1.29, 1.82) is 0 Å². The van der Waals surface area contributed by atoms with Gasteiger partial charge in [-0.3, -0.25) is 0 Å². The summed E-state index contributed by atoms with van der Waals surface area (Å²) in [5, 5.41) is 3.57. The van der Waals surface area contributed by atoms with Crippen LogP contribution in [0.1, 0.15) is 30.4 Å². The van der Waals surface area contributed by atoms with Gasteiger partial charge in [0.15, 0.2) is 0 Å². The molecule has 2 atom stereocenters. The van der Waals surface area contributed by atoms with Gasteiger partial charge in [0.05, 0.1) is 5.54 Å². The molecule has 2 heterocycles. The Balaban J connectivity index is 2.11. The first-order chi connectivity index (χ1) is 7.19. The van der Waals surface area contributed by atoms with Gasteiger partial charge in [-0.1, -0.05) is 17.7 Å². The van der Waals surface area contributed by atoms with Crippen LogP contribution < -0.4 is 10.1 Å². The van der Waals surface area contributed by atoms with Gasteiger partial charge >= 0.3 is 0 Å². The second-order valence-electron chi connectivity index (χ2n) is 5.02. The fourth-order valence-electron chi connectivity index (χ4n) is 2.89. The lowest BCUT2D eigenvalue weighted by atomic mass is 9.80. The predicted octanol–water partition coefficient (Wildman–Crippen LogP) is 2.22. The van der Waals surface area contributed by atoms with Gasteiger partial charge in [0.2, 0.25) is 0 Å². The Kier molecular flexibility index (Phi) is 1.84. The molecule has 15 heavy (non-hydrogen) atoms. The molecule has 0 aliphatic carbocycles. The van der Waals surface area contributed by atoms with Crippen LogP contribution in [0.3, 0.4) is 0 Å². The number of benzene rings is 1. The Morgan fingerprint density at radius 2 is 2.33 bits per heavy atom. The molecule has 0 amide bonds. The second kappa shape index (κ2) is 2.99. The Morgan fingerprint density at radius 3 is 3.20 bits per heavy atom. The van der Waals surface area contributed by atoms with E-state index < -0.39 is 0 Å². The standard InChI is InChI=1S/C13H17NO/c1-9-3-4-12-10(7-9)11-5-6-14-13(11,2)8-15-12/h3-4,7,11,14H,5-6,8H2,1-2H3/t11-,13+/m0/s1. The minimum Gasteiger partial charge on any atom is -0.491 e. The maximum absolute atomic E-state index is 5.83. The van der Waals surface area contributed by atoms with E-state index in [4.69, 9.17) is 4.74 Å². The Morgan fingerprint density at radius 1 is 1.47 bits per heavy atom. The minimum atomic E-state index is 0.154. The van der Waals surface area contributed by atoms with Crippen LogP contribution in [0.5, 0.6) is 5.75 Å². The van der Waals surface area contributed by atoms with E-state index in [1.165, 1.54) is 17.5 Å². The van der Waals surface area contributed by atoms with E-state index in [1.807, 2.05) is 0 Å². The number of rotatable bonds is 0. The van der Waals surface area contributed by atoms with Gasteiger partial charge in [-0.15, -0.1) is 0 Å². The summed E-state index contributed by atoms with van der Waals surface area (Å²) in [5.41, 5.74) is 2.88. The lowest BCUT2D eigenvalue weighted by Gasteiger charge is -2.37. The quantitative estimate of drug-likeness (QED) is 0.698. The van der Waals surface area contributed by atoms with Gasteiger partial charge in [-0.25, -0.2) is 0 Å². The van der Waals surface area contributed by atoms with E-state index in [1.54, 1.807) is 0 Å². The topological polar surface area (TPSA) is 21.3 Å². The maximum Gasteiger partial charge on any atom is 0.122 e. The normalized spacial score (nSPS) is 33.1. The number of hydrogen-bond acceptors (Lipinski definition) is 2. The third-order valence-corrected chi connectivity index (χ3v) is 3.80. The molecule has 3 rings (SSSR count). The number of aryl methyl sites for hydroxylation is 1. The lowest BCUT2D eigenvalue weighted by molar-refractivity contribution is 0.170. The van der Waals surface area contributed by atoms with Crippen LogP contribution in [-0.4, -0.2) is 18.7 Å². The first kappa shape index (κ1) is 9.22. The molecule has 0 bridgehead atoms. The molecule has 1 aromatic rings. The average Bonchev–Trinajstić information content (AvgIpc) is 2.60. The predicted molar refractivity (Wildman–Crippen MR) is 60.4 cm³/mol. The molecule has 1 saturated heterocycles. The zero-order valence-corrected chi connectivity index (χ0v) is 9.34. The second-order valence-corrected chi connectivity index (χ2v) is 5.02. The van der Waals surface area contributed by atoms with E-state index >= 15 is 0 Å². The van der Waals surface area contributed by atoms with Crippen molar-refractivity contribution in [2.24, 2.45) is 0 Å². The highest BCUT2D eigenvalue weighted by Gasteiger charge is 2.44. The highest BCUT2D eigenvalue weighted by molar-refractivity contribution is 5.44. The summed E-state index contributed by atoms with van der Waals surface area (Å²) < 4.78 is 5.83. The molecule has 1 fully saturated rings. The number of nitrogens with one attached hydrogen (secondary N) is 1. The molecule has 0 radical (unpaired) electrons. The van der Waals surface area contributed by atoms with Gasteiger partial charge in [0, 0.05) is 5.92 Å². The Bertz CT molecular complexity index is 402. The summed E-state index contributed by atoms with van der Waals surface area (Å²) in [6.07, 6.45) is 1.23. The van der Waals surface area contributed by atoms with Crippen molar-refractivity contribution in [3.05, 3.63) is 29.3 Å². The molecule has 2 aliphatic rings. The summed E-state index contributed by atoms with van der Waals surface area (Å²) in [7, 11) is 0. The molecule has 1 aromatic carbocycles. The number of ether oxygens (including phenoxy) is 1. The van der Waals surface area contributed by atoms with Crippen LogP contribution in [0, 0.1) is 6.92 Å². The van der Waals surface area contributed by atoms with Gasteiger partial charge in [-0.05, 0) is 38.4 Å². The SMILES string of the molecule is Cc1ccc2c(c1)[C@@H]1CCN[C@]1(C)CO2. The molecule has 0 saturated carbocycles. The largest absolute Gasteiger partial charge is 0.491 e. The first-order valence-corrected chi connectivity index (χ1v) is 5.67. The van der Waals surface area contributed by atoms with Gasteiger partial charge < -0.3 is 10.1 Å². The van der Waals surface area contributed by atoms with E-state index in [-0.39, 0.29) is 5.54 Å². The third-order valence-electron chi connectivity index (χ3n) is 3.80. The van der Waals surface area contributed by atoms with E-state index in [2.05, 4.69) is 37.4 Å². The summed E-state index contributed by atoms with van der Waals surface area (Å²) in [6.45, 7) is 6.33. The lowest BCUT2D eigenvalue weighted by Crippen LogP contribution is -2.48. The zero-order valence-electron chi connectivity index (χ0n) is 9.34. The fourth-order valence-corrected chi connectivity index (χ4v) is 2.89. The minimum absolute atomic E-state index is 0.154. The van der Waals surface area contributed by atoms with Crippen LogP contribution in [0.4, 0.5) is 0 Å². The number of fused-ring (bicyclic) bond motifs is 3. The van der Waals surface area contributed by atoms with Crippen LogP contribution in [0.15, 0.2) is 18.2 Å². The van der Waals surface area contributed by atoms with Crippen molar-refractivity contribution < 1.29 is 4.74 Å². The summed E-state index contributed by atoms with van der Waals surface area (Å²) >= 11 is 0. The van der Waals surface area contributed by atoms with Crippen LogP contribution in [-0.2, 0) is 0 Å². The van der Waals surface area contributed by atoms with E-state index in [9.17, 15) is 0 Å². The smallest absolute Gasteiger partial charge is 0.122 e. The first-order valence-electron chi connectivity index (χ1n) is 5.67. The molecule has 2 nitrogen and oxygen atoms in total. The van der Waals surface area contributed by atoms with Crippen LogP contribution in [0.2, 0.25) is 0 Å². The zero-order chi connectivity index (χ0) is 10.5. The third kappa shape index (κ3) is 1.28. The van der Waals surface area contributed by atoms with Crippen LogP contribution in [0.25, 0.3) is 0 Å². The molecule has 80 valence electrons. The van der Waals surface area contributed by atoms with Crippen molar-refractivity contribution in [1.82, 2.24) is 5.32 Å². The van der Waals surface area contributed by atoms with Crippen molar-refractivity contribution in [2.75, 3.05) is 13.2 Å². The van der Waals surface area contributed by atoms with Crippen molar-refractivity contribution >= 4 is 0 Å². The summed E-state index contributed by atoms with van der Waals surface area (Å²) in [4.78, 5) is 0.